The van der Waals surface area contributed by atoms with Crippen LogP contribution in [0.1, 0.15) is 13.3 Å². The molecule has 94 valence electrons. The lowest BCUT2D eigenvalue weighted by atomic mass is 9.90. The second kappa shape index (κ2) is 4.90. The van der Waals surface area contributed by atoms with Crippen LogP contribution in [-0.2, 0) is 0 Å². The summed E-state index contributed by atoms with van der Waals surface area (Å²) in [6.07, 6.45) is 2.71. The Labute approximate surface area is 110 Å². The SMILES string of the molecule is CNCC1(C)CCN(c2ncc(Br)cc2F)C1. The summed E-state index contributed by atoms with van der Waals surface area (Å²) in [7, 11) is 1.95. The van der Waals surface area contributed by atoms with E-state index in [9.17, 15) is 4.39 Å². The van der Waals surface area contributed by atoms with E-state index >= 15 is 0 Å². The third-order valence-electron chi connectivity index (χ3n) is 3.25. The van der Waals surface area contributed by atoms with E-state index in [2.05, 4.69) is 33.2 Å². The van der Waals surface area contributed by atoms with E-state index in [0.29, 0.717) is 10.3 Å². The summed E-state index contributed by atoms with van der Waals surface area (Å²) in [6.45, 7) is 4.88. The fourth-order valence-electron chi connectivity index (χ4n) is 2.42. The zero-order chi connectivity index (χ0) is 12.5. The van der Waals surface area contributed by atoms with Gasteiger partial charge in [-0.3, -0.25) is 0 Å². The summed E-state index contributed by atoms with van der Waals surface area (Å²) in [6, 6.07) is 1.47. The molecular weight excluding hydrogens is 285 g/mol. The quantitative estimate of drug-likeness (QED) is 0.929. The van der Waals surface area contributed by atoms with Crippen molar-refractivity contribution in [3.8, 4) is 0 Å². The molecule has 2 heterocycles. The van der Waals surface area contributed by atoms with E-state index in [1.165, 1.54) is 6.07 Å². The molecule has 3 nitrogen and oxygen atoms in total. The van der Waals surface area contributed by atoms with Crippen LogP contribution in [0.2, 0.25) is 0 Å². The van der Waals surface area contributed by atoms with Gasteiger partial charge in [0.05, 0.1) is 0 Å². The molecule has 1 aliphatic rings. The van der Waals surface area contributed by atoms with Crippen LogP contribution in [0.15, 0.2) is 16.7 Å². The Hall–Kier alpha value is -0.680. The van der Waals surface area contributed by atoms with Crippen LogP contribution < -0.4 is 10.2 Å². The first-order valence-electron chi connectivity index (χ1n) is 5.75. The monoisotopic (exact) mass is 301 g/mol. The molecule has 1 saturated heterocycles. The van der Waals surface area contributed by atoms with Crippen LogP contribution >= 0.6 is 15.9 Å². The predicted molar refractivity (Wildman–Crippen MR) is 70.8 cm³/mol. The molecule has 1 aromatic rings. The largest absolute Gasteiger partial charge is 0.354 e. The maximum Gasteiger partial charge on any atom is 0.166 e. The number of aromatic nitrogens is 1. The molecule has 0 bridgehead atoms. The summed E-state index contributed by atoms with van der Waals surface area (Å²) in [5.41, 5.74) is 0.204. The Morgan fingerprint density at radius 2 is 2.41 bits per heavy atom. The number of anilines is 1. The second-order valence-corrected chi connectivity index (χ2v) is 5.89. The van der Waals surface area contributed by atoms with Gasteiger partial charge in [0.25, 0.3) is 0 Å². The van der Waals surface area contributed by atoms with E-state index in [0.717, 1.165) is 26.1 Å². The molecule has 1 fully saturated rings. The molecule has 5 heteroatoms. The average molecular weight is 302 g/mol. The molecule has 0 aromatic carbocycles. The number of hydrogen-bond acceptors (Lipinski definition) is 3. The molecular formula is C12H17BrFN3. The highest BCUT2D eigenvalue weighted by Crippen LogP contribution is 2.33. The van der Waals surface area contributed by atoms with Crippen molar-refractivity contribution in [1.82, 2.24) is 10.3 Å². The molecule has 1 atom stereocenters. The Bertz CT molecular complexity index is 413. The number of nitrogens with one attached hydrogen (secondary N) is 1. The third-order valence-corrected chi connectivity index (χ3v) is 3.68. The van der Waals surface area contributed by atoms with E-state index in [-0.39, 0.29) is 11.2 Å². The minimum Gasteiger partial charge on any atom is -0.354 e. The van der Waals surface area contributed by atoms with Crippen molar-refractivity contribution in [2.24, 2.45) is 5.41 Å². The number of halogens is 2. The van der Waals surface area contributed by atoms with E-state index in [1.807, 2.05) is 11.9 Å². The van der Waals surface area contributed by atoms with Gasteiger partial charge in [-0.2, -0.15) is 0 Å². The first-order valence-corrected chi connectivity index (χ1v) is 6.54. The highest BCUT2D eigenvalue weighted by Gasteiger charge is 2.34. The standard InChI is InChI=1S/C12H17BrFN3/c1-12(7-15-2)3-4-17(8-12)11-10(14)5-9(13)6-16-11/h5-6,15H,3-4,7-8H2,1-2H3. The van der Waals surface area contributed by atoms with Crippen LogP contribution in [0.5, 0.6) is 0 Å². The lowest BCUT2D eigenvalue weighted by Gasteiger charge is -2.24. The average Bonchev–Trinajstić information content (AvgIpc) is 2.61. The van der Waals surface area contributed by atoms with Gasteiger partial charge < -0.3 is 10.2 Å². The lowest BCUT2D eigenvalue weighted by molar-refractivity contribution is 0.355. The number of pyridine rings is 1. The Kier molecular flexibility index (Phi) is 3.68. The maximum atomic E-state index is 13.8. The summed E-state index contributed by atoms with van der Waals surface area (Å²) >= 11 is 3.22. The van der Waals surface area contributed by atoms with Gasteiger partial charge in [0, 0.05) is 30.3 Å². The zero-order valence-corrected chi connectivity index (χ0v) is 11.7. The van der Waals surface area contributed by atoms with Crippen molar-refractivity contribution in [2.45, 2.75) is 13.3 Å². The summed E-state index contributed by atoms with van der Waals surface area (Å²) < 4.78 is 14.5. The van der Waals surface area contributed by atoms with Crippen LogP contribution in [0.3, 0.4) is 0 Å². The fraction of sp³-hybridized carbons (Fsp3) is 0.583. The zero-order valence-electron chi connectivity index (χ0n) is 10.1. The molecule has 2 rings (SSSR count). The molecule has 0 radical (unpaired) electrons. The van der Waals surface area contributed by atoms with Crippen molar-refractivity contribution in [1.29, 1.82) is 0 Å². The summed E-state index contributed by atoms with van der Waals surface area (Å²) in [4.78, 5) is 6.20. The predicted octanol–water partition coefficient (Wildman–Crippen LogP) is 2.42. The first kappa shape index (κ1) is 12.8. The minimum absolute atomic E-state index is 0.204. The molecule has 0 aliphatic carbocycles. The van der Waals surface area contributed by atoms with Crippen molar-refractivity contribution < 1.29 is 4.39 Å². The van der Waals surface area contributed by atoms with Gasteiger partial charge in [-0.15, -0.1) is 0 Å². The summed E-state index contributed by atoms with van der Waals surface area (Å²) in [5, 5.41) is 3.20. The van der Waals surface area contributed by atoms with Crippen molar-refractivity contribution in [3.05, 3.63) is 22.6 Å². The van der Waals surface area contributed by atoms with Crippen LogP contribution in [0.25, 0.3) is 0 Å². The number of nitrogens with zero attached hydrogens (tertiary/aromatic N) is 2. The van der Waals surface area contributed by atoms with E-state index < -0.39 is 0 Å². The number of hydrogen-bond donors (Lipinski definition) is 1. The van der Waals surface area contributed by atoms with Gasteiger partial charge >= 0.3 is 0 Å². The first-order chi connectivity index (χ1) is 8.04. The summed E-state index contributed by atoms with van der Waals surface area (Å²) in [5.74, 6) is 0.209. The van der Waals surface area contributed by atoms with Gasteiger partial charge in [0.1, 0.15) is 0 Å². The smallest absolute Gasteiger partial charge is 0.166 e. The molecule has 1 aromatic heterocycles. The maximum absolute atomic E-state index is 13.8. The molecule has 0 spiro atoms. The molecule has 1 unspecified atom stereocenters. The Balaban J connectivity index is 2.15. The van der Waals surface area contributed by atoms with Crippen LogP contribution in [0, 0.1) is 11.2 Å². The van der Waals surface area contributed by atoms with E-state index in [1.54, 1.807) is 6.20 Å². The van der Waals surface area contributed by atoms with Gasteiger partial charge in [-0.1, -0.05) is 6.92 Å². The van der Waals surface area contributed by atoms with Crippen molar-refractivity contribution >= 4 is 21.7 Å². The van der Waals surface area contributed by atoms with Gasteiger partial charge in [0.2, 0.25) is 0 Å². The second-order valence-electron chi connectivity index (χ2n) is 4.97. The highest BCUT2D eigenvalue weighted by atomic mass is 79.9. The van der Waals surface area contributed by atoms with Crippen LogP contribution in [-0.4, -0.2) is 31.7 Å². The minimum atomic E-state index is -0.256. The van der Waals surface area contributed by atoms with Gasteiger partial charge in [0.15, 0.2) is 11.6 Å². The van der Waals surface area contributed by atoms with Crippen LogP contribution in [0.4, 0.5) is 10.2 Å². The van der Waals surface area contributed by atoms with Gasteiger partial charge in [-0.25, -0.2) is 9.37 Å². The normalized spacial score (nSPS) is 24.4. The Morgan fingerprint density at radius 3 is 3.06 bits per heavy atom. The molecule has 17 heavy (non-hydrogen) atoms. The fourth-order valence-corrected chi connectivity index (χ4v) is 2.72. The Morgan fingerprint density at radius 1 is 1.65 bits per heavy atom. The lowest BCUT2D eigenvalue weighted by Crippen LogP contribution is -2.33. The molecule has 0 saturated carbocycles. The number of rotatable bonds is 3. The topological polar surface area (TPSA) is 28.2 Å². The third kappa shape index (κ3) is 2.77. The van der Waals surface area contributed by atoms with E-state index in [4.69, 9.17) is 0 Å². The highest BCUT2D eigenvalue weighted by molar-refractivity contribution is 9.10. The van der Waals surface area contributed by atoms with Crippen molar-refractivity contribution in [2.75, 3.05) is 31.6 Å². The molecule has 1 aliphatic heterocycles. The molecule has 0 amide bonds. The van der Waals surface area contributed by atoms with Gasteiger partial charge in [-0.05, 0) is 40.9 Å². The molecule has 1 N–H and O–H groups in total. The van der Waals surface area contributed by atoms with Crippen molar-refractivity contribution in [3.63, 3.8) is 0 Å².